The van der Waals surface area contributed by atoms with Crippen molar-refractivity contribution in [3.8, 4) is 0 Å². The predicted molar refractivity (Wildman–Crippen MR) is 118 cm³/mol. The third kappa shape index (κ3) is 5.20. The van der Waals surface area contributed by atoms with E-state index >= 15 is 0 Å². The highest BCUT2D eigenvalue weighted by molar-refractivity contribution is 5.48. The van der Waals surface area contributed by atoms with Crippen molar-refractivity contribution < 1.29 is 13.9 Å². The van der Waals surface area contributed by atoms with Gasteiger partial charge in [0.2, 0.25) is 0 Å². The smallest absolute Gasteiger partial charge is 0.126 e. The molecule has 2 aliphatic rings. The summed E-state index contributed by atoms with van der Waals surface area (Å²) in [4.78, 5) is 4.82. The van der Waals surface area contributed by atoms with E-state index in [0.29, 0.717) is 18.4 Å². The molecule has 2 aromatic rings. The van der Waals surface area contributed by atoms with Crippen LogP contribution in [0.3, 0.4) is 0 Å². The van der Waals surface area contributed by atoms with Crippen molar-refractivity contribution in [3.63, 3.8) is 0 Å². The summed E-state index contributed by atoms with van der Waals surface area (Å²) in [5, 5.41) is 12.0. The van der Waals surface area contributed by atoms with Crippen molar-refractivity contribution in [1.29, 1.82) is 0 Å². The van der Waals surface area contributed by atoms with Crippen LogP contribution < -0.4 is 0 Å². The minimum atomic E-state index is -0.972. The van der Waals surface area contributed by atoms with Gasteiger partial charge in [-0.2, -0.15) is 0 Å². The van der Waals surface area contributed by atoms with Gasteiger partial charge in [-0.05, 0) is 62.6 Å². The summed E-state index contributed by atoms with van der Waals surface area (Å²) >= 11 is 0. The molecule has 1 aliphatic carbocycles. The van der Waals surface area contributed by atoms with Gasteiger partial charge in [-0.3, -0.25) is 0 Å². The first-order chi connectivity index (χ1) is 14.5. The van der Waals surface area contributed by atoms with Crippen molar-refractivity contribution in [2.75, 3.05) is 39.8 Å². The second kappa shape index (κ2) is 9.46. The molecule has 1 aromatic carbocycles. The highest BCUT2D eigenvalue weighted by Crippen LogP contribution is 2.39. The monoisotopic (exact) mass is 412 g/mol. The van der Waals surface area contributed by atoms with E-state index < -0.39 is 5.60 Å². The molecule has 2 unspecified atom stereocenters. The second-order valence-electron chi connectivity index (χ2n) is 9.06. The number of benzene rings is 1. The topological polar surface area (TPSA) is 39.9 Å². The van der Waals surface area contributed by atoms with Gasteiger partial charge < -0.3 is 19.3 Å². The molecule has 30 heavy (non-hydrogen) atoms. The summed E-state index contributed by atoms with van der Waals surface area (Å²) in [5.74, 6) is 0.698. The standard InChI is InChI=1S/C25H33FN2O2/c1-27-11-13-28(14-12-27)19-22-8-4-6-20(16-23-9-5-15-30-23)17-25(22,29)18-21-7-2-3-10-24(21)26/h2-3,5,7,9-10,15-16,22,29H,4,6,8,11-14,17-19H2,1H3. The molecular weight excluding hydrogens is 379 g/mol. The number of hydrogen-bond donors (Lipinski definition) is 1. The summed E-state index contributed by atoms with van der Waals surface area (Å²) in [7, 11) is 2.16. The number of rotatable bonds is 5. The van der Waals surface area contributed by atoms with E-state index in [0.717, 1.165) is 57.7 Å². The molecule has 4 nitrogen and oxygen atoms in total. The Labute approximate surface area is 179 Å². The second-order valence-corrected chi connectivity index (χ2v) is 9.06. The first-order valence-corrected chi connectivity index (χ1v) is 11.1. The molecule has 0 radical (unpaired) electrons. The van der Waals surface area contributed by atoms with E-state index in [-0.39, 0.29) is 11.7 Å². The first-order valence-electron chi connectivity index (χ1n) is 11.1. The molecule has 0 bridgehead atoms. The van der Waals surface area contributed by atoms with Crippen molar-refractivity contribution in [2.45, 2.75) is 37.7 Å². The number of nitrogens with zero attached hydrogens (tertiary/aromatic N) is 2. The lowest BCUT2D eigenvalue weighted by molar-refractivity contribution is -0.0352. The van der Waals surface area contributed by atoms with E-state index in [1.54, 1.807) is 18.4 Å². The van der Waals surface area contributed by atoms with E-state index in [4.69, 9.17) is 4.42 Å². The first kappa shape index (κ1) is 21.3. The molecule has 1 saturated heterocycles. The average Bonchev–Trinajstić information content (AvgIpc) is 3.18. The Bertz CT molecular complexity index is 843. The zero-order chi connectivity index (χ0) is 21.0. The van der Waals surface area contributed by atoms with Crippen LogP contribution in [0.4, 0.5) is 4.39 Å². The predicted octanol–water partition coefficient (Wildman–Crippen LogP) is 4.21. The van der Waals surface area contributed by atoms with E-state index in [1.807, 2.05) is 18.2 Å². The third-order valence-corrected chi connectivity index (χ3v) is 6.76. The van der Waals surface area contributed by atoms with Crippen LogP contribution in [0, 0.1) is 11.7 Å². The Balaban J connectivity index is 1.59. The molecule has 2 heterocycles. The molecule has 2 atom stereocenters. The van der Waals surface area contributed by atoms with Crippen molar-refractivity contribution in [2.24, 2.45) is 5.92 Å². The maximum absolute atomic E-state index is 14.5. The van der Waals surface area contributed by atoms with Crippen molar-refractivity contribution in [3.05, 3.63) is 65.4 Å². The van der Waals surface area contributed by atoms with Gasteiger partial charge in [0.15, 0.2) is 0 Å². The zero-order valence-corrected chi connectivity index (χ0v) is 17.9. The number of furan rings is 1. The van der Waals surface area contributed by atoms with Crippen LogP contribution in [0.2, 0.25) is 0 Å². The molecule has 1 aliphatic heterocycles. The number of halogens is 1. The molecular formula is C25H33FN2O2. The molecule has 162 valence electrons. The molecule has 4 rings (SSSR count). The average molecular weight is 413 g/mol. The Morgan fingerprint density at radius 1 is 1.17 bits per heavy atom. The van der Waals surface area contributed by atoms with Crippen LogP contribution in [0.15, 0.2) is 52.7 Å². The molecule has 0 amide bonds. The van der Waals surface area contributed by atoms with Gasteiger partial charge in [-0.15, -0.1) is 0 Å². The van der Waals surface area contributed by atoms with Crippen LogP contribution in [0.5, 0.6) is 0 Å². The third-order valence-electron chi connectivity index (χ3n) is 6.76. The van der Waals surface area contributed by atoms with Crippen molar-refractivity contribution >= 4 is 6.08 Å². The fourth-order valence-electron chi connectivity index (χ4n) is 4.95. The summed E-state index contributed by atoms with van der Waals surface area (Å²) in [6, 6.07) is 10.7. The molecule has 1 saturated carbocycles. The van der Waals surface area contributed by atoms with Gasteiger partial charge >= 0.3 is 0 Å². The maximum Gasteiger partial charge on any atom is 0.126 e. The van der Waals surface area contributed by atoms with Gasteiger partial charge in [-0.25, -0.2) is 4.39 Å². The van der Waals surface area contributed by atoms with Gasteiger partial charge in [0.05, 0.1) is 11.9 Å². The van der Waals surface area contributed by atoms with Crippen LogP contribution in [0.25, 0.3) is 6.08 Å². The number of aliphatic hydroxyl groups is 1. The summed E-state index contributed by atoms with van der Waals surface area (Å²) in [5.41, 5.74) is 0.813. The van der Waals surface area contributed by atoms with Gasteiger partial charge in [0, 0.05) is 45.1 Å². The highest BCUT2D eigenvalue weighted by atomic mass is 19.1. The van der Waals surface area contributed by atoms with Gasteiger partial charge in [0.1, 0.15) is 11.6 Å². The number of hydrogen-bond acceptors (Lipinski definition) is 4. The summed E-state index contributed by atoms with van der Waals surface area (Å²) in [6.45, 7) is 5.03. The number of likely N-dealkylation sites (N-methyl/N-ethyl adjacent to an activating group) is 1. The minimum absolute atomic E-state index is 0.114. The van der Waals surface area contributed by atoms with Crippen molar-refractivity contribution in [1.82, 2.24) is 9.80 Å². The van der Waals surface area contributed by atoms with Gasteiger partial charge in [-0.1, -0.05) is 23.8 Å². The maximum atomic E-state index is 14.5. The fraction of sp³-hybridized carbons (Fsp3) is 0.520. The summed E-state index contributed by atoms with van der Waals surface area (Å²) < 4.78 is 20.0. The largest absolute Gasteiger partial charge is 0.465 e. The SMILES string of the molecule is CN1CCN(CC2CCCC(=Cc3ccco3)CC2(O)Cc2ccccc2F)CC1. The summed E-state index contributed by atoms with van der Waals surface area (Å²) in [6.07, 6.45) is 7.56. The zero-order valence-electron chi connectivity index (χ0n) is 17.9. The lowest BCUT2D eigenvalue weighted by Gasteiger charge is -2.41. The molecule has 0 spiro atoms. The quantitative estimate of drug-likeness (QED) is 0.747. The fourth-order valence-corrected chi connectivity index (χ4v) is 4.95. The highest BCUT2D eigenvalue weighted by Gasteiger charge is 2.40. The van der Waals surface area contributed by atoms with Crippen LogP contribution >= 0.6 is 0 Å². The Morgan fingerprint density at radius 2 is 1.97 bits per heavy atom. The van der Waals surface area contributed by atoms with Crippen LogP contribution in [0.1, 0.15) is 37.0 Å². The number of piperazine rings is 1. The lowest BCUT2D eigenvalue weighted by atomic mass is 9.77. The molecule has 5 heteroatoms. The van der Waals surface area contributed by atoms with E-state index in [9.17, 15) is 9.50 Å². The molecule has 1 aromatic heterocycles. The van der Waals surface area contributed by atoms with Crippen LogP contribution in [-0.4, -0.2) is 60.3 Å². The Kier molecular flexibility index (Phi) is 6.71. The Hall–Kier alpha value is -1.95. The minimum Gasteiger partial charge on any atom is -0.465 e. The lowest BCUT2D eigenvalue weighted by Crippen LogP contribution is -2.51. The van der Waals surface area contributed by atoms with E-state index in [1.165, 1.54) is 11.6 Å². The molecule has 2 fully saturated rings. The van der Waals surface area contributed by atoms with Crippen LogP contribution in [-0.2, 0) is 6.42 Å². The molecule has 1 N–H and O–H groups in total. The Morgan fingerprint density at radius 3 is 2.70 bits per heavy atom. The normalized spacial score (nSPS) is 28.0. The van der Waals surface area contributed by atoms with Gasteiger partial charge in [0.25, 0.3) is 0 Å². The van der Waals surface area contributed by atoms with E-state index in [2.05, 4.69) is 22.9 Å².